The van der Waals surface area contributed by atoms with E-state index >= 15 is 0 Å². The number of carbonyl (C=O) groups excluding carboxylic acids is 1. The first kappa shape index (κ1) is 19.7. The lowest BCUT2D eigenvalue weighted by Gasteiger charge is -2.12. The number of hydrogen-bond acceptors (Lipinski definition) is 5. The Morgan fingerprint density at radius 2 is 1.91 bits per heavy atom. The Balaban J connectivity index is 1.53. The molecule has 0 aliphatic rings. The van der Waals surface area contributed by atoms with Crippen LogP contribution in [0.25, 0.3) is 21.7 Å². The lowest BCUT2D eigenvalue weighted by Crippen LogP contribution is -2.28. The number of anilines is 2. The van der Waals surface area contributed by atoms with Gasteiger partial charge in [0.1, 0.15) is 6.54 Å². The van der Waals surface area contributed by atoms with E-state index in [0.29, 0.717) is 11.1 Å². The summed E-state index contributed by atoms with van der Waals surface area (Å²) in [5, 5.41) is 14.2. The van der Waals surface area contributed by atoms with E-state index in [1.807, 2.05) is 74.1 Å². The Morgan fingerprint density at radius 1 is 1.06 bits per heavy atom. The summed E-state index contributed by atoms with van der Waals surface area (Å²) in [7, 11) is 1.90. The van der Waals surface area contributed by atoms with Gasteiger partial charge >= 0.3 is 0 Å². The maximum Gasteiger partial charge on any atom is 0.267 e. The van der Waals surface area contributed by atoms with E-state index in [-0.39, 0.29) is 18.0 Å². The van der Waals surface area contributed by atoms with Crippen LogP contribution in [-0.2, 0) is 13.6 Å². The molecule has 5 rings (SSSR count). The number of aromatic nitrogens is 5. The predicted octanol–water partition coefficient (Wildman–Crippen LogP) is 3.79. The molecule has 0 fully saturated rings. The summed E-state index contributed by atoms with van der Waals surface area (Å²) in [6.07, 6.45) is 3.46. The van der Waals surface area contributed by atoms with Crippen LogP contribution in [0.3, 0.4) is 0 Å². The molecule has 0 unspecified atom stereocenters. The Kier molecular flexibility index (Phi) is 4.62. The third-order valence-electron chi connectivity index (χ3n) is 5.58. The largest absolute Gasteiger partial charge is 0.355 e. The molecule has 0 radical (unpaired) electrons. The third-order valence-corrected chi connectivity index (χ3v) is 5.58. The van der Waals surface area contributed by atoms with Gasteiger partial charge in [-0.2, -0.15) is 10.2 Å². The molecule has 3 heterocycles. The van der Waals surface area contributed by atoms with Crippen molar-refractivity contribution in [1.29, 1.82) is 0 Å². The molecule has 2 aromatic carbocycles. The van der Waals surface area contributed by atoms with Gasteiger partial charge in [-0.25, -0.2) is 4.68 Å². The van der Waals surface area contributed by atoms with Crippen LogP contribution in [0.15, 0.2) is 65.7 Å². The van der Waals surface area contributed by atoms with Crippen molar-refractivity contribution in [1.82, 2.24) is 24.1 Å². The van der Waals surface area contributed by atoms with Gasteiger partial charge in [-0.15, -0.1) is 0 Å². The van der Waals surface area contributed by atoms with Gasteiger partial charge in [0.15, 0.2) is 0 Å². The Bertz CT molecular complexity index is 1560. The van der Waals surface area contributed by atoms with Gasteiger partial charge in [-0.1, -0.05) is 12.1 Å². The lowest BCUT2D eigenvalue weighted by molar-refractivity contribution is 0.0871. The van der Waals surface area contributed by atoms with Crippen molar-refractivity contribution in [3.05, 3.63) is 82.7 Å². The monoisotopic (exact) mass is 426 g/mol. The summed E-state index contributed by atoms with van der Waals surface area (Å²) in [6.45, 7) is 3.56. The van der Waals surface area contributed by atoms with Crippen molar-refractivity contribution >= 4 is 39.0 Å². The maximum atomic E-state index is 13.3. The van der Waals surface area contributed by atoms with E-state index in [0.717, 1.165) is 33.4 Å². The summed E-state index contributed by atoms with van der Waals surface area (Å²) < 4.78 is 4.59. The van der Waals surface area contributed by atoms with Crippen LogP contribution < -0.4 is 10.9 Å². The van der Waals surface area contributed by atoms with E-state index in [2.05, 4.69) is 15.5 Å². The molecular formula is C24H22N6O2. The molecule has 0 amide bonds. The van der Waals surface area contributed by atoms with E-state index < -0.39 is 0 Å². The molecule has 0 aliphatic heterocycles. The van der Waals surface area contributed by atoms with E-state index in [1.54, 1.807) is 12.4 Å². The van der Waals surface area contributed by atoms with E-state index in [4.69, 9.17) is 0 Å². The summed E-state index contributed by atoms with van der Waals surface area (Å²) in [5.74, 6) is -0.260. The first-order valence-electron chi connectivity index (χ1n) is 10.3. The normalized spacial score (nSPS) is 11.3. The van der Waals surface area contributed by atoms with Crippen LogP contribution >= 0.6 is 0 Å². The zero-order chi connectivity index (χ0) is 22.4. The van der Waals surface area contributed by atoms with Crippen LogP contribution in [0.1, 0.15) is 16.2 Å². The molecule has 8 heteroatoms. The molecule has 8 nitrogen and oxygen atoms in total. The number of carbonyl (C=O) groups is 1. The fourth-order valence-corrected chi connectivity index (χ4v) is 4.05. The summed E-state index contributed by atoms with van der Waals surface area (Å²) in [6, 6.07) is 15.3. The number of nitrogens with one attached hydrogen (secondary N) is 1. The highest BCUT2D eigenvalue weighted by Gasteiger charge is 2.14. The molecule has 0 bridgehead atoms. The Labute approximate surface area is 183 Å². The number of nitrogens with zero attached hydrogens (tertiary/aromatic N) is 5. The second-order valence-corrected chi connectivity index (χ2v) is 7.92. The van der Waals surface area contributed by atoms with Gasteiger partial charge < -0.3 is 9.88 Å². The Hall–Kier alpha value is -4.20. The fourth-order valence-electron chi connectivity index (χ4n) is 4.05. The number of aryl methyl sites for hydroxylation is 3. The van der Waals surface area contributed by atoms with Crippen LogP contribution in [0, 0.1) is 13.8 Å². The Morgan fingerprint density at radius 3 is 2.69 bits per heavy atom. The average Bonchev–Trinajstić information content (AvgIpc) is 3.31. The number of hydrogen-bond donors (Lipinski definition) is 1. The van der Waals surface area contributed by atoms with Crippen molar-refractivity contribution in [2.75, 3.05) is 5.32 Å². The molecule has 0 spiro atoms. The number of pyridine rings is 1. The van der Waals surface area contributed by atoms with Crippen LogP contribution in [-0.4, -0.2) is 30.0 Å². The van der Waals surface area contributed by atoms with Gasteiger partial charge in [0.25, 0.3) is 11.5 Å². The van der Waals surface area contributed by atoms with Gasteiger partial charge in [0, 0.05) is 30.0 Å². The number of rotatable bonds is 4. The van der Waals surface area contributed by atoms with Crippen molar-refractivity contribution in [2.45, 2.75) is 20.4 Å². The van der Waals surface area contributed by atoms with Crippen molar-refractivity contribution in [2.24, 2.45) is 7.05 Å². The molecule has 3 aromatic heterocycles. The molecular weight excluding hydrogens is 404 g/mol. The van der Waals surface area contributed by atoms with Crippen LogP contribution in [0.5, 0.6) is 0 Å². The summed E-state index contributed by atoms with van der Waals surface area (Å²) in [5.41, 5.74) is 3.84. The maximum absolute atomic E-state index is 13.3. The molecule has 160 valence electrons. The molecule has 32 heavy (non-hydrogen) atoms. The fraction of sp³-hybridized carbons (Fsp3) is 0.167. The van der Waals surface area contributed by atoms with Crippen molar-refractivity contribution in [3.63, 3.8) is 0 Å². The summed E-state index contributed by atoms with van der Waals surface area (Å²) >= 11 is 0. The van der Waals surface area contributed by atoms with Crippen molar-refractivity contribution in [3.8, 4) is 0 Å². The lowest BCUT2D eigenvalue weighted by atomic mass is 10.1. The van der Waals surface area contributed by atoms with Crippen LogP contribution in [0.4, 0.5) is 11.4 Å². The standard InChI is InChI=1S/C24H22N6O2/c1-15-11-16(2)30(27-15)22(31)14-29-10-9-17-5-4-6-20(23(17)24(29)32)26-19-7-8-21-18(12-19)13-25-28(21)3/h4-13,26H,14H2,1-3H3. The average molecular weight is 426 g/mol. The highest BCUT2D eigenvalue weighted by Crippen LogP contribution is 2.26. The van der Waals surface area contributed by atoms with Gasteiger partial charge in [0.2, 0.25) is 0 Å². The van der Waals surface area contributed by atoms with Crippen LogP contribution in [0.2, 0.25) is 0 Å². The number of fused-ring (bicyclic) bond motifs is 2. The zero-order valence-corrected chi connectivity index (χ0v) is 18.0. The third kappa shape index (κ3) is 3.35. The smallest absolute Gasteiger partial charge is 0.267 e. The molecule has 5 aromatic rings. The second kappa shape index (κ2) is 7.49. The molecule has 0 aliphatic carbocycles. The highest BCUT2D eigenvalue weighted by molar-refractivity contribution is 5.95. The predicted molar refractivity (Wildman–Crippen MR) is 125 cm³/mol. The first-order valence-corrected chi connectivity index (χ1v) is 10.3. The number of benzene rings is 2. The molecule has 0 saturated heterocycles. The van der Waals surface area contributed by atoms with E-state index in [9.17, 15) is 9.59 Å². The van der Waals surface area contributed by atoms with Gasteiger partial charge in [0.05, 0.1) is 28.5 Å². The molecule has 0 saturated carbocycles. The van der Waals surface area contributed by atoms with E-state index in [1.165, 1.54) is 9.25 Å². The van der Waals surface area contributed by atoms with Gasteiger partial charge in [-0.3, -0.25) is 14.3 Å². The SMILES string of the molecule is Cc1cc(C)n(C(=O)Cn2ccc3cccc(Nc4ccc5c(cnn5C)c4)c3c2=O)n1. The zero-order valence-electron chi connectivity index (χ0n) is 18.0. The quantitative estimate of drug-likeness (QED) is 0.473. The minimum absolute atomic E-state index is 0.0906. The minimum Gasteiger partial charge on any atom is -0.355 e. The highest BCUT2D eigenvalue weighted by atomic mass is 16.2. The molecule has 0 atom stereocenters. The van der Waals surface area contributed by atoms with Crippen molar-refractivity contribution < 1.29 is 4.79 Å². The minimum atomic E-state index is -0.260. The summed E-state index contributed by atoms with van der Waals surface area (Å²) in [4.78, 5) is 26.1. The molecule has 1 N–H and O–H groups in total. The first-order chi connectivity index (χ1) is 15.4. The second-order valence-electron chi connectivity index (χ2n) is 7.92. The van der Waals surface area contributed by atoms with Gasteiger partial charge in [-0.05, 0) is 55.6 Å². The topological polar surface area (TPSA) is 86.7 Å².